The van der Waals surface area contributed by atoms with E-state index in [9.17, 15) is 4.79 Å². The molecule has 0 saturated carbocycles. The second-order valence-corrected chi connectivity index (χ2v) is 9.03. The highest BCUT2D eigenvalue weighted by molar-refractivity contribution is 5.94. The van der Waals surface area contributed by atoms with E-state index < -0.39 is 0 Å². The minimum Gasteiger partial charge on any atom is -0.383 e. The van der Waals surface area contributed by atoms with Gasteiger partial charge < -0.3 is 16.0 Å². The van der Waals surface area contributed by atoms with Crippen molar-refractivity contribution in [1.29, 1.82) is 0 Å². The molecular weight excluding hydrogens is 510 g/mol. The first-order valence-electron chi connectivity index (χ1n) is 12.9. The molecule has 2 aromatic carbocycles. The fraction of sp³-hybridized carbons (Fsp3) is 0.0303. The fourth-order valence-corrected chi connectivity index (χ4v) is 4.47. The lowest BCUT2D eigenvalue weighted by atomic mass is 10.1. The maximum atomic E-state index is 10.9. The molecule has 41 heavy (non-hydrogen) atoms. The van der Waals surface area contributed by atoms with E-state index in [1.54, 1.807) is 37.5 Å². The summed E-state index contributed by atoms with van der Waals surface area (Å²) in [5, 5.41) is 3.71. The monoisotopic (exact) mass is 539 g/mol. The highest BCUT2D eigenvalue weighted by atomic mass is 16.1. The van der Waals surface area contributed by atoms with Crippen LogP contribution < -0.4 is 11.1 Å². The Bertz CT molecular complexity index is 1900. The van der Waals surface area contributed by atoms with Gasteiger partial charge in [0.15, 0.2) is 11.5 Å². The summed E-state index contributed by atoms with van der Waals surface area (Å²) in [6, 6.07) is 23.2. The standard InChI is InChI=1S/C25H20N6.C8H9NO/c1-3-6-19(4-2)31-24(20-7-5-11-28-23(20)26)30-22-14-18(15-29-25(22)31)17-9-8-16-10-12-27-21(16)13-17;1-9-8(10)7-5-3-2-4-6-7/h3-15,27H,1-2H2,(H2,26,28);2-6H,1H3,(H,9,10)/b19-6+;. The number of aromatic nitrogens is 5. The number of pyridine rings is 2. The van der Waals surface area contributed by atoms with E-state index in [1.807, 2.05) is 59.4 Å². The molecule has 0 bridgehead atoms. The third kappa shape index (κ3) is 5.53. The molecule has 0 aliphatic rings. The van der Waals surface area contributed by atoms with Gasteiger partial charge in [0.2, 0.25) is 0 Å². The normalized spacial score (nSPS) is 11.1. The molecule has 1 amide bonds. The van der Waals surface area contributed by atoms with E-state index in [0.29, 0.717) is 22.9 Å². The molecule has 0 unspecified atom stereocenters. The van der Waals surface area contributed by atoms with Gasteiger partial charge in [0.05, 0.1) is 5.56 Å². The molecule has 6 aromatic rings. The van der Waals surface area contributed by atoms with Crippen molar-refractivity contribution in [2.75, 3.05) is 12.8 Å². The second kappa shape index (κ2) is 12.0. The maximum absolute atomic E-state index is 10.9. The van der Waals surface area contributed by atoms with E-state index in [-0.39, 0.29) is 5.91 Å². The number of hydrogen-bond donors (Lipinski definition) is 3. The topological polar surface area (TPSA) is 115 Å². The van der Waals surface area contributed by atoms with Gasteiger partial charge in [-0.3, -0.25) is 9.36 Å². The van der Waals surface area contributed by atoms with E-state index >= 15 is 0 Å². The third-order valence-electron chi connectivity index (χ3n) is 6.48. The van der Waals surface area contributed by atoms with Gasteiger partial charge in [0, 0.05) is 48.0 Å². The fourth-order valence-electron chi connectivity index (χ4n) is 4.47. The molecule has 0 aliphatic carbocycles. The lowest BCUT2D eigenvalue weighted by Crippen LogP contribution is -2.17. The van der Waals surface area contributed by atoms with Gasteiger partial charge in [-0.2, -0.15) is 0 Å². The highest BCUT2D eigenvalue weighted by Crippen LogP contribution is 2.32. The van der Waals surface area contributed by atoms with Crippen LogP contribution in [0.5, 0.6) is 0 Å². The zero-order valence-electron chi connectivity index (χ0n) is 22.6. The van der Waals surface area contributed by atoms with Gasteiger partial charge in [-0.15, -0.1) is 0 Å². The predicted octanol–water partition coefficient (Wildman–Crippen LogP) is 6.48. The molecule has 0 aliphatic heterocycles. The average molecular weight is 540 g/mol. The van der Waals surface area contributed by atoms with Crippen molar-refractivity contribution >= 4 is 39.5 Å². The van der Waals surface area contributed by atoms with Crippen molar-refractivity contribution in [3.63, 3.8) is 0 Å². The Hall–Kier alpha value is -5.76. The van der Waals surface area contributed by atoms with E-state index in [1.165, 1.54) is 5.39 Å². The van der Waals surface area contributed by atoms with Gasteiger partial charge in [0.1, 0.15) is 11.3 Å². The Labute approximate surface area is 237 Å². The zero-order chi connectivity index (χ0) is 28.8. The first-order chi connectivity index (χ1) is 20.0. The summed E-state index contributed by atoms with van der Waals surface area (Å²) < 4.78 is 1.93. The smallest absolute Gasteiger partial charge is 0.251 e. The number of nitrogens with zero attached hydrogens (tertiary/aromatic N) is 4. The van der Waals surface area contributed by atoms with E-state index in [0.717, 1.165) is 33.4 Å². The molecule has 6 rings (SSSR count). The van der Waals surface area contributed by atoms with Crippen molar-refractivity contribution < 1.29 is 4.79 Å². The van der Waals surface area contributed by atoms with Crippen LogP contribution in [0.3, 0.4) is 0 Å². The molecule has 0 saturated heterocycles. The summed E-state index contributed by atoms with van der Waals surface area (Å²) >= 11 is 0. The Balaban J connectivity index is 0.000000287. The number of aromatic amines is 1. The number of rotatable bonds is 6. The molecule has 0 spiro atoms. The van der Waals surface area contributed by atoms with Crippen LogP contribution in [-0.4, -0.2) is 37.5 Å². The molecular formula is C33H29N7O. The molecule has 8 heteroatoms. The predicted molar refractivity (Wildman–Crippen MR) is 167 cm³/mol. The summed E-state index contributed by atoms with van der Waals surface area (Å²) in [5.41, 5.74) is 13.0. The number of H-pyrrole nitrogens is 1. The highest BCUT2D eigenvalue weighted by Gasteiger charge is 2.18. The first-order valence-corrected chi connectivity index (χ1v) is 12.9. The number of benzene rings is 2. The molecule has 4 heterocycles. The number of nitrogen functional groups attached to an aromatic ring is 1. The number of nitrogens with one attached hydrogen (secondary N) is 2. The lowest BCUT2D eigenvalue weighted by Gasteiger charge is -2.10. The number of carbonyl (C=O) groups excluding carboxylic acids is 1. The minimum atomic E-state index is -0.0411. The first kappa shape index (κ1) is 26.8. The molecule has 0 radical (unpaired) electrons. The number of amides is 1. The molecule has 8 nitrogen and oxygen atoms in total. The van der Waals surface area contributed by atoms with Gasteiger partial charge in [-0.25, -0.2) is 15.0 Å². The van der Waals surface area contributed by atoms with Crippen molar-refractivity contribution in [2.24, 2.45) is 0 Å². The summed E-state index contributed by atoms with van der Waals surface area (Å²) in [7, 11) is 1.62. The van der Waals surface area contributed by atoms with Crippen LogP contribution in [0.1, 0.15) is 10.4 Å². The van der Waals surface area contributed by atoms with Gasteiger partial charge in [-0.1, -0.05) is 49.6 Å². The Morgan fingerprint density at radius 2 is 1.83 bits per heavy atom. The second-order valence-electron chi connectivity index (χ2n) is 9.03. The van der Waals surface area contributed by atoms with Crippen molar-refractivity contribution in [2.45, 2.75) is 0 Å². The van der Waals surface area contributed by atoms with Gasteiger partial charge in [0.25, 0.3) is 5.91 Å². The van der Waals surface area contributed by atoms with Crippen LogP contribution in [0.4, 0.5) is 5.82 Å². The van der Waals surface area contributed by atoms with Crippen LogP contribution >= 0.6 is 0 Å². The number of fused-ring (bicyclic) bond motifs is 2. The van der Waals surface area contributed by atoms with Crippen molar-refractivity contribution in [3.8, 4) is 22.5 Å². The van der Waals surface area contributed by atoms with Crippen LogP contribution in [0.15, 0.2) is 123 Å². The van der Waals surface area contributed by atoms with Crippen molar-refractivity contribution in [3.05, 3.63) is 128 Å². The van der Waals surface area contributed by atoms with Crippen molar-refractivity contribution in [1.82, 2.24) is 29.8 Å². The Morgan fingerprint density at radius 1 is 1.00 bits per heavy atom. The summed E-state index contributed by atoms with van der Waals surface area (Å²) in [6.07, 6.45) is 10.8. The number of allylic oxidation sites excluding steroid dienone is 4. The summed E-state index contributed by atoms with van der Waals surface area (Å²) in [4.78, 5) is 28.0. The van der Waals surface area contributed by atoms with Crippen LogP contribution in [0, 0.1) is 0 Å². The quantitative estimate of drug-likeness (QED) is 0.210. The minimum absolute atomic E-state index is 0.0411. The van der Waals surface area contributed by atoms with E-state index in [2.05, 4.69) is 52.7 Å². The zero-order valence-corrected chi connectivity index (χ0v) is 22.6. The van der Waals surface area contributed by atoms with Crippen LogP contribution in [0.2, 0.25) is 0 Å². The molecule has 202 valence electrons. The number of imidazole rings is 1. The van der Waals surface area contributed by atoms with Crippen LogP contribution in [0.25, 0.3) is 50.3 Å². The Kier molecular flexibility index (Phi) is 7.83. The third-order valence-corrected chi connectivity index (χ3v) is 6.48. The molecule has 0 fully saturated rings. The summed E-state index contributed by atoms with van der Waals surface area (Å²) in [5.74, 6) is 1.01. The molecule has 4 N–H and O–H groups in total. The lowest BCUT2D eigenvalue weighted by molar-refractivity contribution is 0.0963. The number of carbonyl (C=O) groups is 1. The number of nitrogens with two attached hydrogens (primary N) is 1. The largest absolute Gasteiger partial charge is 0.383 e. The number of anilines is 1. The average Bonchev–Trinajstić information content (AvgIpc) is 3.64. The van der Waals surface area contributed by atoms with Crippen LogP contribution in [-0.2, 0) is 0 Å². The maximum Gasteiger partial charge on any atom is 0.251 e. The van der Waals surface area contributed by atoms with Gasteiger partial charge in [-0.05, 0) is 65.6 Å². The molecule has 4 aromatic heterocycles. The summed E-state index contributed by atoms with van der Waals surface area (Å²) in [6.45, 7) is 7.76. The molecule has 0 atom stereocenters. The number of hydrogen-bond acceptors (Lipinski definition) is 5. The Morgan fingerprint density at radius 3 is 2.56 bits per heavy atom. The van der Waals surface area contributed by atoms with E-state index in [4.69, 9.17) is 15.7 Å². The SMILES string of the molecule is C=C/C=C(\C=C)n1c(-c2cccnc2N)nc2cc(-c3ccc4cc[nH]c4c3)cnc21.CNC(=O)c1ccccc1. The van der Waals surface area contributed by atoms with Gasteiger partial charge >= 0.3 is 0 Å².